The minimum Gasteiger partial charge on any atom is -0.497 e. The molecule has 1 heterocycles. The van der Waals surface area contributed by atoms with E-state index in [9.17, 15) is 0 Å². The van der Waals surface area contributed by atoms with E-state index in [0.717, 1.165) is 37.3 Å². The molecule has 3 nitrogen and oxygen atoms in total. The van der Waals surface area contributed by atoms with Gasteiger partial charge in [-0.1, -0.05) is 27.2 Å². The lowest BCUT2D eigenvalue weighted by molar-refractivity contribution is 0.0166. The van der Waals surface area contributed by atoms with E-state index in [4.69, 9.17) is 9.47 Å². The molecule has 2 unspecified atom stereocenters. The van der Waals surface area contributed by atoms with E-state index in [1.54, 1.807) is 7.11 Å². The minimum absolute atomic E-state index is 0.0234. The highest BCUT2D eigenvalue weighted by atomic mass is 16.5. The molecule has 2 atom stereocenters. The maximum atomic E-state index is 6.45. The molecule has 1 aromatic rings. The molecule has 1 aliphatic rings. The maximum Gasteiger partial charge on any atom is 0.125 e. The van der Waals surface area contributed by atoms with Crippen molar-refractivity contribution in [3.63, 3.8) is 0 Å². The predicted octanol–water partition coefficient (Wildman–Crippen LogP) is 4.47. The van der Waals surface area contributed by atoms with Crippen molar-refractivity contribution >= 4 is 0 Å². The maximum absolute atomic E-state index is 6.45. The number of benzene rings is 1. The third-order valence-electron chi connectivity index (χ3n) is 4.58. The van der Waals surface area contributed by atoms with Gasteiger partial charge in [-0.2, -0.15) is 0 Å². The van der Waals surface area contributed by atoms with Crippen molar-refractivity contribution in [2.24, 2.45) is 0 Å². The number of ether oxygens (including phenoxy) is 2. The normalized spacial score (nSPS) is 24.3. The Labute approximate surface area is 129 Å². The Morgan fingerprint density at radius 2 is 2.14 bits per heavy atom. The summed E-state index contributed by atoms with van der Waals surface area (Å²) in [6, 6.07) is 6.52. The molecule has 0 saturated carbocycles. The molecule has 0 saturated heterocycles. The second-order valence-corrected chi connectivity index (χ2v) is 5.96. The van der Waals surface area contributed by atoms with Crippen molar-refractivity contribution in [1.29, 1.82) is 0 Å². The van der Waals surface area contributed by atoms with Crippen LogP contribution in [-0.2, 0) is 0 Å². The molecule has 0 radical (unpaired) electrons. The first-order valence-corrected chi connectivity index (χ1v) is 8.28. The second-order valence-electron chi connectivity index (χ2n) is 5.96. The van der Waals surface area contributed by atoms with Crippen molar-refractivity contribution in [3.05, 3.63) is 23.8 Å². The molecular weight excluding hydrogens is 262 g/mol. The number of unbranched alkanes of at least 4 members (excludes halogenated alkanes) is 1. The van der Waals surface area contributed by atoms with Crippen LogP contribution in [-0.4, -0.2) is 19.3 Å². The molecule has 0 aliphatic carbocycles. The molecule has 0 amide bonds. The average molecular weight is 291 g/mol. The van der Waals surface area contributed by atoms with Crippen molar-refractivity contribution < 1.29 is 9.47 Å². The van der Waals surface area contributed by atoms with Crippen LogP contribution in [0, 0.1) is 0 Å². The highest BCUT2D eigenvalue weighted by Crippen LogP contribution is 2.44. The third-order valence-corrected chi connectivity index (χ3v) is 4.58. The Hall–Kier alpha value is -1.22. The van der Waals surface area contributed by atoms with Crippen molar-refractivity contribution in [3.8, 4) is 11.5 Å². The highest BCUT2D eigenvalue weighted by Gasteiger charge is 2.39. The van der Waals surface area contributed by atoms with Crippen molar-refractivity contribution in [2.45, 2.75) is 64.5 Å². The monoisotopic (exact) mass is 291 g/mol. The Morgan fingerprint density at radius 1 is 1.33 bits per heavy atom. The van der Waals surface area contributed by atoms with E-state index in [1.807, 2.05) is 6.07 Å². The van der Waals surface area contributed by atoms with Gasteiger partial charge in [0.15, 0.2) is 0 Å². The van der Waals surface area contributed by atoms with Crippen LogP contribution in [0.15, 0.2) is 18.2 Å². The standard InChI is InChI=1S/C18H29NO2/c1-5-8-11-18(6-2)13-16(19-7-3)15-12-14(20-4)9-10-17(15)21-18/h9-10,12,16,19H,5-8,11,13H2,1-4H3. The quantitative estimate of drug-likeness (QED) is 0.804. The lowest BCUT2D eigenvalue weighted by atomic mass is 9.82. The van der Waals surface area contributed by atoms with Crippen LogP contribution < -0.4 is 14.8 Å². The molecule has 0 spiro atoms. The number of hydrogen-bond acceptors (Lipinski definition) is 3. The fraction of sp³-hybridized carbons (Fsp3) is 0.667. The predicted molar refractivity (Wildman–Crippen MR) is 87.2 cm³/mol. The summed E-state index contributed by atoms with van der Waals surface area (Å²) in [5, 5.41) is 3.62. The van der Waals surface area contributed by atoms with Gasteiger partial charge in [0.1, 0.15) is 17.1 Å². The Balaban J connectivity index is 2.32. The first-order valence-electron chi connectivity index (χ1n) is 8.28. The largest absolute Gasteiger partial charge is 0.497 e. The number of nitrogens with one attached hydrogen (secondary N) is 1. The topological polar surface area (TPSA) is 30.5 Å². The van der Waals surface area contributed by atoms with E-state index in [-0.39, 0.29) is 5.60 Å². The van der Waals surface area contributed by atoms with Gasteiger partial charge in [-0.3, -0.25) is 0 Å². The second kappa shape index (κ2) is 7.17. The van der Waals surface area contributed by atoms with Gasteiger partial charge in [0.2, 0.25) is 0 Å². The van der Waals surface area contributed by atoms with Gasteiger partial charge in [0, 0.05) is 18.0 Å². The summed E-state index contributed by atoms with van der Waals surface area (Å²) in [7, 11) is 1.71. The van der Waals surface area contributed by atoms with Crippen LogP contribution >= 0.6 is 0 Å². The zero-order chi connectivity index (χ0) is 15.3. The van der Waals surface area contributed by atoms with E-state index in [1.165, 1.54) is 18.4 Å². The fourth-order valence-corrected chi connectivity index (χ4v) is 3.25. The van der Waals surface area contributed by atoms with Gasteiger partial charge in [-0.15, -0.1) is 0 Å². The van der Waals surface area contributed by atoms with Crippen LogP contribution in [0.1, 0.15) is 64.5 Å². The Bertz CT molecular complexity index is 461. The SMILES string of the molecule is CCCCC1(CC)CC(NCC)c2cc(OC)ccc2O1. The molecule has 2 rings (SSSR count). The van der Waals surface area contributed by atoms with Crippen LogP contribution in [0.3, 0.4) is 0 Å². The van der Waals surface area contributed by atoms with Gasteiger partial charge in [-0.05, 0) is 44.0 Å². The molecular formula is C18H29NO2. The van der Waals surface area contributed by atoms with Crippen molar-refractivity contribution in [2.75, 3.05) is 13.7 Å². The number of methoxy groups -OCH3 is 1. The molecule has 3 heteroatoms. The van der Waals surface area contributed by atoms with Gasteiger partial charge >= 0.3 is 0 Å². The summed E-state index contributed by atoms with van der Waals surface area (Å²) in [5.74, 6) is 1.92. The summed E-state index contributed by atoms with van der Waals surface area (Å²) in [4.78, 5) is 0. The van der Waals surface area contributed by atoms with E-state index in [0.29, 0.717) is 6.04 Å². The molecule has 21 heavy (non-hydrogen) atoms. The summed E-state index contributed by atoms with van der Waals surface area (Å²) >= 11 is 0. The summed E-state index contributed by atoms with van der Waals surface area (Å²) in [6.45, 7) is 7.61. The third kappa shape index (κ3) is 3.52. The Kier molecular flexibility index (Phi) is 5.51. The number of fused-ring (bicyclic) bond motifs is 1. The van der Waals surface area contributed by atoms with E-state index < -0.39 is 0 Å². The minimum atomic E-state index is -0.0234. The van der Waals surface area contributed by atoms with Crippen LogP contribution in [0.5, 0.6) is 11.5 Å². The van der Waals surface area contributed by atoms with Crippen LogP contribution in [0.4, 0.5) is 0 Å². The lowest BCUT2D eigenvalue weighted by Gasteiger charge is -2.42. The molecule has 0 fully saturated rings. The number of rotatable bonds is 7. The van der Waals surface area contributed by atoms with Crippen LogP contribution in [0.2, 0.25) is 0 Å². The average Bonchev–Trinajstić information content (AvgIpc) is 2.53. The Morgan fingerprint density at radius 3 is 2.76 bits per heavy atom. The molecule has 0 aromatic heterocycles. The van der Waals surface area contributed by atoms with E-state index >= 15 is 0 Å². The van der Waals surface area contributed by atoms with Gasteiger partial charge in [0.05, 0.1) is 7.11 Å². The number of hydrogen-bond donors (Lipinski definition) is 1. The highest BCUT2D eigenvalue weighted by molar-refractivity contribution is 5.44. The summed E-state index contributed by atoms with van der Waals surface area (Å²) in [5.41, 5.74) is 1.21. The van der Waals surface area contributed by atoms with Gasteiger partial charge in [-0.25, -0.2) is 0 Å². The fourth-order valence-electron chi connectivity index (χ4n) is 3.25. The lowest BCUT2D eigenvalue weighted by Crippen LogP contribution is -2.43. The molecule has 0 bridgehead atoms. The van der Waals surface area contributed by atoms with Gasteiger partial charge < -0.3 is 14.8 Å². The molecule has 1 aromatic carbocycles. The smallest absolute Gasteiger partial charge is 0.125 e. The summed E-state index contributed by atoms with van der Waals surface area (Å²) in [6.07, 6.45) is 5.66. The molecule has 1 N–H and O–H groups in total. The van der Waals surface area contributed by atoms with Crippen LogP contribution in [0.25, 0.3) is 0 Å². The first-order chi connectivity index (χ1) is 10.2. The van der Waals surface area contributed by atoms with Gasteiger partial charge in [0.25, 0.3) is 0 Å². The molecule has 1 aliphatic heterocycles. The zero-order valence-corrected chi connectivity index (χ0v) is 13.9. The van der Waals surface area contributed by atoms with E-state index in [2.05, 4.69) is 38.2 Å². The van der Waals surface area contributed by atoms with Crippen molar-refractivity contribution in [1.82, 2.24) is 5.32 Å². The first kappa shape index (κ1) is 16.2. The zero-order valence-electron chi connectivity index (χ0n) is 13.9. The molecule has 118 valence electrons. The summed E-state index contributed by atoms with van der Waals surface area (Å²) < 4.78 is 11.8.